The molecule has 0 saturated heterocycles. The van der Waals surface area contributed by atoms with Crippen molar-refractivity contribution in [2.75, 3.05) is 7.11 Å². The molecular weight excluding hydrogens is 412 g/mol. The predicted octanol–water partition coefficient (Wildman–Crippen LogP) is 6.24. The summed E-state index contributed by atoms with van der Waals surface area (Å²) in [5.41, 5.74) is -0.845. The van der Waals surface area contributed by atoms with Gasteiger partial charge in [-0.05, 0) is 36.4 Å². The molecule has 0 saturated carbocycles. The summed E-state index contributed by atoms with van der Waals surface area (Å²) < 4.78 is 81.4. The first kappa shape index (κ1) is 21.4. The van der Waals surface area contributed by atoms with Crippen LogP contribution >= 0.6 is 0 Å². The quantitative estimate of drug-likeness (QED) is 0.368. The van der Waals surface area contributed by atoms with Crippen molar-refractivity contribution >= 4 is 5.97 Å². The second kappa shape index (κ2) is 7.81. The van der Waals surface area contributed by atoms with Gasteiger partial charge in [0.25, 0.3) is 0 Å². The number of nitrogens with zero attached hydrogens (tertiary/aromatic N) is 1. The molecule has 1 heterocycles. The molecule has 0 fully saturated rings. The largest absolute Gasteiger partial charge is 0.465 e. The Bertz CT molecular complexity index is 1050. The maximum Gasteiger partial charge on any atom is 0.416 e. The summed E-state index contributed by atoms with van der Waals surface area (Å²) in [6.07, 6.45) is -9.02. The summed E-state index contributed by atoms with van der Waals surface area (Å²) in [6, 6.07) is 11.0. The number of alkyl halides is 6. The number of carbonyl (C=O) groups is 1. The zero-order valence-corrected chi connectivity index (χ0v) is 15.3. The Morgan fingerprint density at radius 2 is 1.20 bits per heavy atom. The van der Waals surface area contributed by atoms with Gasteiger partial charge in [-0.15, -0.1) is 0 Å². The summed E-state index contributed by atoms with van der Waals surface area (Å²) in [5.74, 6) is -0.753. The van der Waals surface area contributed by atoms with E-state index < -0.39 is 29.4 Å². The molecule has 9 heteroatoms. The lowest BCUT2D eigenvalue weighted by Gasteiger charge is -2.12. The Morgan fingerprint density at radius 1 is 0.733 bits per heavy atom. The Kier molecular flexibility index (Phi) is 5.56. The molecule has 1 aromatic heterocycles. The van der Waals surface area contributed by atoms with Gasteiger partial charge in [-0.1, -0.05) is 24.3 Å². The van der Waals surface area contributed by atoms with E-state index in [1.54, 1.807) is 0 Å². The second-order valence-electron chi connectivity index (χ2n) is 6.23. The van der Waals surface area contributed by atoms with Gasteiger partial charge in [0.2, 0.25) is 0 Å². The minimum atomic E-state index is -4.53. The fourth-order valence-electron chi connectivity index (χ4n) is 2.76. The molecule has 30 heavy (non-hydrogen) atoms. The first-order valence-corrected chi connectivity index (χ1v) is 8.45. The molecule has 0 amide bonds. The van der Waals surface area contributed by atoms with Gasteiger partial charge in [0, 0.05) is 11.1 Å². The number of esters is 1. The first-order chi connectivity index (χ1) is 14.0. The van der Waals surface area contributed by atoms with Crippen LogP contribution in [0.15, 0.2) is 60.7 Å². The van der Waals surface area contributed by atoms with Gasteiger partial charge < -0.3 is 4.74 Å². The van der Waals surface area contributed by atoms with E-state index in [1.807, 2.05) is 0 Å². The minimum absolute atomic E-state index is 0.00733. The van der Waals surface area contributed by atoms with Crippen LogP contribution in [0.3, 0.4) is 0 Å². The van der Waals surface area contributed by atoms with Crippen molar-refractivity contribution < 1.29 is 35.9 Å². The number of pyridine rings is 1. The maximum absolute atomic E-state index is 12.8. The van der Waals surface area contributed by atoms with Gasteiger partial charge in [-0.25, -0.2) is 9.78 Å². The van der Waals surface area contributed by atoms with E-state index >= 15 is 0 Å². The van der Waals surface area contributed by atoms with Crippen LogP contribution in [0, 0.1) is 0 Å². The molecule has 0 bridgehead atoms. The fraction of sp³-hybridized carbons (Fsp3) is 0.143. The minimum Gasteiger partial charge on any atom is -0.465 e. The molecule has 156 valence electrons. The van der Waals surface area contributed by atoms with Crippen molar-refractivity contribution in [1.82, 2.24) is 4.98 Å². The molecule has 0 aliphatic carbocycles. The highest BCUT2D eigenvalue weighted by molar-refractivity contribution is 5.96. The van der Waals surface area contributed by atoms with Crippen LogP contribution in [0.1, 0.15) is 21.5 Å². The molecule has 3 rings (SSSR count). The second-order valence-corrected chi connectivity index (χ2v) is 6.23. The number of ether oxygens (including phenoxy) is 1. The standard InChI is InChI=1S/C21H13F6NO2/c1-30-19(29)16-10-11-17(12-2-6-14(7-3-12)20(22,23)24)28-18(16)13-4-8-15(9-5-13)21(25,26)27/h2-11H,1H3. The first-order valence-electron chi connectivity index (χ1n) is 8.45. The third kappa shape index (κ3) is 4.45. The van der Waals surface area contributed by atoms with Crippen LogP contribution in [-0.2, 0) is 17.1 Å². The van der Waals surface area contributed by atoms with E-state index in [-0.39, 0.29) is 22.5 Å². The highest BCUT2D eigenvalue weighted by Gasteiger charge is 2.31. The lowest BCUT2D eigenvalue weighted by Crippen LogP contribution is -2.07. The van der Waals surface area contributed by atoms with Crippen LogP contribution in [0.5, 0.6) is 0 Å². The number of hydrogen-bond donors (Lipinski definition) is 0. The number of hydrogen-bond acceptors (Lipinski definition) is 3. The average molecular weight is 425 g/mol. The molecular formula is C21H13F6NO2. The number of carbonyl (C=O) groups excluding carboxylic acids is 1. The summed E-state index contributed by atoms with van der Waals surface area (Å²) in [6.45, 7) is 0. The van der Waals surface area contributed by atoms with Crippen LogP contribution < -0.4 is 0 Å². The molecule has 0 atom stereocenters. The zero-order valence-electron chi connectivity index (χ0n) is 15.3. The average Bonchev–Trinajstić information content (AvgIpc) is 2.71. The number of rotatable bonds is 3. The monoisotopic (exact) mass is 425 g/mol. The molecule has 0 aliphatic heterocycles. The van der Waals surface area contributed by atoms with E-state index in [0.29, 0.717) is 5.56 Å². The van der Waals surface area contributed by atoms with E-state index in [1.165, 1.54) is 24.3 Å². The molecule has 0 radical (unpaired) electrons. The summed E-state index contributed by atoms with van der Waals surface area (Å²) >= 11 is 0. The number of methoxy groups -OCH3 is 1. The van der Waals surface area contributed by atoms with Gasteiger partial charge in [-0.3, -0.25) is 0 Å². The zero-order chi connectivity index (χ0) is 22.1. The normalized spacial score (nSPS) is 12.0. The van der Waals surface area contributed by atoms with Gasteiger partial charge in [0.1, 0.15) is 0 Å². The lowest BCUT2D eigenvalue weighted by molar-refractivity contribution is -0.138. The van der Waals surface area contributed by atoms with Crippen LogP contribution in [0.25, 0.3) is 22.5 Å². The molecule has 0 spiro atoms. The van der Waals surface area contributed by atoms with Crippen LogP contribution in [0.2, 0.25) is 0 Å². The number of halogens is 6. The van der Waals surface area contributed by atoms with Gasteiger partial charge in [0.05, 0.1) is 35.2 Å². The maximum atomic E-state index is 12.8. The number of benzene rings is 2. The Morgan fingerprint density at radius 3 is 1.63 bits per heavy atom. The topological polar surface area (TPSA) is 39.2 Å². The van der Waals surface area contributed by atoms with Crippen LogP contribution in [-0.4, -0.2) is 18.1 Å². The van der Waals surface area contributed by atoms with Crippen molar-refractivity contribution in [3.63, 3.8) is 0 Å². The molecule has 0 unspecified atom stereocenters. The molecule has 0 N–H and O–H groups in total. The van der Waals surface area contributed by atoms with E-state index in [9.17, 15) is 31.1 Å². The van der Waals surface area contributed by atoms with Gasteiger partial charge >= 0.3 is 18.3 Å². The Hall–Kier alpha value is -3.36. The van der Waals surface area contributed by atoms with Gasteiger partial charge in [-0.2, -0.15) is 26.3 Å². The van der Waals surface area contributed by atoms with Crippen molar-refractivity contribution in [3.8, 4) is 22.5 Å². The predicted molar refractivity (Wildman–Crippen MR) is 96.5 cm³/mol. The van der Waals surface area contributed by atoms with Crippen molar-refractivity contribution in [1.29, 1.82) is 0 Å². The molecule has 3 aromatic rings. The van der Waals surface area contributed by atoms with Crippen molar-refractivity contribution in [2.45, 2.75) is 12.4 Å². The molecule has 2 aromatic carbocycles. The highest BCUT2D eigenvalue weighted by Crippen LogP contribution is 2.34. The number of aromatic nitrogens is 1. The van der Waals surface area contributed by atoms with Crippen molar-refractivity contribution in [3.05, 3.63) is 77.4 Å². The Balaban J connectivity index is 2.08. The van der Waals surface area contributed by atoms with Gasteiger partial charge in [0.15, 0.2) is 0 Å². The van der Waals surface area contributed by atoms with Crippen molar-refractivity contribution in [2.24, 2.45) is 0 Å². The fourth-order valence-corrected chi connectivity index (χ4v) is 2.76. The van der Waals surface area contributed by atoms with E-state index in [0.717, 1.165) is 43.5 Å². The molecule has 3 nitrogen and oxygen atoms in total. The molecule has 0 aliphatic rings. The lowest BCUT2D eigenvalue weighted by atomic mass is 10.0. The summed E-state index contributed by atoms with van der Waals surface area (Å²) in [7, 11) is 1.14. The third-order valence-electron chi connectivity index (χ3n) is 4.29. The van der Waals surface area contributed by atoms with E-state index in [2.05, 4.69) is 4.98 Å². The summed E-state index contributed by atoms with van der Waals surface area (Å²) in [5, 5.41) is 0. The Labute approximate surface area is 166 Å². The SMILES string of the molecule is COC(=O)c1ccc(-c2ccc(C(F)(F)F)cc2)nc1-c1ccc(C(F)(F)F)cc1. The smallest absolute Gasteiger partial charge is 0.416 e. The van der Waals surface area contributed by atoms with E-state index in [4.69, 9.17) is 4.74 Å². The third-order valence-corrected chi connectivity index (χ3v) is 4.29. The summed E-state index contributed by atoms with van der Waals surface area (Å²) in [4.78, 5) is 16.4. The van der Waals surface area contributed by atoms with Crippen LogP contribution in [0.4, 0.5) is 26.3 Å². The highest BCUT2D eigenvalue weighted by atomic mass is 19.4.